The highest BCUT2D eigenvalue weighted by atomic mass is 32.2. The lowest BCUT2D eigenvalue weighted by atomic mass is 9.87. The molecule has 1 N–H and O–H groups in total. The average molecular weight is 447 g/mol. The maximum atomic E-state index is 13.2. The van der Waals surface area contributed by atoms with E-state index >= 15 is 0 Å². The minimum atomic E-state index is -3.73. The van der Waals surface area contributed by atoms with Gasteiger partial charge in [0, 0.05) is 18.8 Å². The summed E-state index contributed by atoms with van der Waals surface area (Å²) in [6.07, 6.45) is 0. The Kier molecular flexibility index (Phi) is 6.95. The molecule has 1 amide bonds. The van der Waals surface area contributed by atoms with Gasteiger partial charge in [-0.25, -0.2) is 8.42 Å². The molecule has 1 fully saturated rings. The summed E-state index contributed by atoms with van der Waals surface area (Å²) in [5.74, 6) is 0.498. The zero-order valence-electron chi connectivity index (χ0n) is 18.0. The Bertz CT molecular complexity index is 968. The van der Waals surface area contributed by atoms with Crippen LogP contribution in [0.25, 0.3) is 0 Å². The Morgan fingerprint density at radius 3 is 2.37 bits per heavy atom. The van der Waals surface area contributed by atoms with Crippen LogP contribution in [0.4, 0.5) is 0 Å². The van der Waals surface area contributed by atoms with E-state index in [9.17, 15) is 13.2 Å². The normalized spacial score (nSPS) is 18.9. The van der Waals surface area contributed by atoms with E-state index in [-0.39, 0.29) is 22.1 Å². The summed E-state index contributed by atoms with van der Waals surface area (Å²) in [7, 11) is -3.73. The van der Waals surface area contributed by atoms with Crippen LogP contribution in [0, 0.1) is 0 Å². The van der Waals surface area contributed by atoms with Crippen molar-refractivity contribution >= 4 is 27.7 Å². The molecule has 1 aliphatic heterocycles. The molecule has 162 valence electrons. The van der Waals surface area contributed by atoms with Gasteiger partial charge in [-0.15, -0.1) is 11.8 Å². The Morgan fingerprint density at radius 2 is 1.77 bits per heavy atom. The lowest BCUT2D eigenvalue weighted by molar-refractivity contribution is -0.122. The first kappa shape index (κ1) is 22.8. The van der Waals surface area contributed by atoms with Gasteiger partial charge in [0.25, 0.3) is 0 Å². The quantitative estimate of drug-likeness (QED) is 0.729. The van der Waals surface area contributed by atoms with E-state index in [0.717, 1.165) is 11.1 Å². The van der Waals surface area contributed by atoms with Crippen molar-refractivity contribution in [3.8, 4) is 0 Å². The lowest BCUT2D eigenvalue weighted by Crippen LogP contribution is -2.45. The molecule has 5 nitrogen and oxygen atoms in total. The molecule has 2 unspecified atom stereocenters. The summed E-state index contributed by atoms with van der Waals surface area (Å²) < 4.78 is 27.7. The summed E-state index contributed by atoms with van der Waals surface area (Å²) in [4.78, 5) is 13.0. The summed E-state index contributed by atoms with van der Waals surface area (Å²) in [6.45, 7) is 9.11. The summed E-state index contributed by atoms with van der Waals surface area (Å²) >= 11 is 1.37. The van der Waals surface area contributed by atoms with Crippen LogP contribution >= 0.6 is 11.8 Å². The van der Waals surface area contributed by atoms with Crippen molar-refractivity contribution in [3.05, 3.63) is 65.7 Å². The highest BCUT2D eigenvalue weighted by Gasteiger charge is 2.40. The highest BCUT2D eigenvalue weighted by molar-refractivity contribution is 8.02. The fraction of sp³-hybridized carbons (Fsp3) is 0.435. The molecular weight excluding hydrogens is 416 g/mol. The van der Waals surface area contributed by atoms with E-state index in [0.29, 0.717) is 18.8 Å². The number of carbonyl (C=O) groups excluding carboxylic acids is 1. The molecule has 0 aromatic heterocycles. The first-order valence-electron chi connectivity index (χ1n) is 10.2. The van der Waals surface area contributed by atoms with Crippen LogP contribution in [-0.4, -0.2) is 42.8 Å². The van der Waals surface area contributed by atoms with Crippen LogP contribution in [0.3, 0.4) is 0 Å². The average Bonchev–Trinajstić information content (AvgIpc) is 3.23. The van der Waals surface area contributed by atoms with E-state index in [2.05, 4.69) is 26.1 Å². The molecule has 30 heavy (non-hydrogen) atoms. The summed E-state index contributed by atoms with van der Waals surface area (Å²) in [5.41, 5.74) is 2.16. The number of nitrogens with zero attached hydrogens (tertiary/aromatic N) is 1. The van der Waals surface area contributed by atoms with Crippen LogP contribution in [0.15, 0.2) is 59.5 Å². The predicted octanol–water partition coefficient (Wildman–Crippen LogP) is 3.97. The van der Waals surface area contributed by atoms with E-state index in [4.69, 9.17) is 0 Å². The molecule has 0 bridgehead atoms. The van der Waals surface area contributed by atoms with E-state index in [1.165, 1.54) is 16.1 Å². The molecule has 1 saturated heterocycles. The Labute approximate surface area is 184 Å². The van der Waals surface area contributed by atoms with Crippen molar-refractivity contribution in [2.75, 3.05) is 18.8 Å². The molecule has 2 aromatic carbocycles. The van der Waals surface area contributed by atoms with Crippen molar-refractivity contribution in [2.45, 2.75) is 49.3 Å². The van der Waals surface area contributed by atoms with E-state index in [1.54, 1.807) is 12.1 Å². The van der Waals surface area contributed by atoms with Gasteiger partial charge in [-0.2, -0.15) is 4.31 Å². The second-order valence-electron chi connectivity index (χ2n) is 8.67. The van der Waals surface area contributed by atoms with Crippen LogP contribution in [0.2, 0.25) is 0 Å². The van der Waals surface area contributed by atoms with Gasteiger partial charge in [-0.05, 0) is 34.6 Å². The summed E-state index contributed by atoms with van der Waals surface area (Å²) in [6, 6.07) is 17.0. The van der Waals surface area contributed by atoms with Crippen molar-refractivity contribution in [1.29, 1.82) is 0 Å². The van der Waals surface area contributed by atoms with Crippen LogP contribution < -0.4 is 5.32 Å². The second-order valence-corrected chi connectivity index (χ2v) is 11.7. The number of sulfonamides is 1. The highest BCUT2D eigenvalue weighted by Crippen LogP contribution is 2.31. The number of benzene rings is 2. The molecule has 1 aliphatic rings. The number of hydrogen-bond donors (Lipinski definition) is 1. The summed E-state index contributed by atoms with van der Waals surface area (Å²) in [5, 5.41) is 2.20. The first-order chi connectivity index (χ1) is 14.1. The maximum absolute atomic E-state index is 13.2. The van der Waals surface area contributed by atoms with Gasteiger partial charge in [-0.1, -0.05) is 70.2 Å². The number of carbonyl (C=O) groups is 1. The molecule has 0 spiro atoms. The largest absolute Gasteiger partial charge is 0.353 e. The van der Waals surface area contributed by atoms with Gasteiger partial charge >= 0.3 is 0 Å². The monoisotopic (exact) mass is 446 g/mol. The number of rotatable bonds is 6. The third-order valence-electron chi connectivity index (χ3n) is 5.35. The Morgan fingerprint density at radius 1 is 1.13 bits per heavy atom. The van der Waals surface area contributed by atoms with Crippen LogP contribution in [-0.2, 0) is 20.2 Å². The Balaban J connectivity index is 1.70. The van der Waals surface area contributed by atoms with Gasteiger partial charge in [0.05, 0.1) is 4.90 Å². The van der Waals surface area contributed by atoms with Crippen molar-refractivity contribution < 1.29 is 13.2 Å². The minimum Gasteiger partial charge on any atom is -0.353 e. The Hall–Kier alpha value is -1.83. The molecule has 3 rings (SSSR count). The fourth-order valence-electron chi connectivity index (χ4n) is 3.41. The van der Waals surface area contributed by atoms with Crippen molar-refractivity contribution in [3.63, 3.8) is 0 Å². The lowest BCUT2D eigenvalue weighted by Gasteiger charge is -2.24. The standard InChI is InChI=1S/C23H30N2O3S2/c1-17(18-8-6-5-7-9-18)16-24-21(26)22-25(14-15-29-22)30(27,28)20-12-10-19(11-13-20)23(2,3)4/h5-13,17,22H,14-16H2,1-4H3,(H,24,26). The predicted molar refractivity (Wildman–Crippen MR) is 123 cm³/mol. The van der Waals surface area contributed by atoms with Gasteiger partial charge in [-0.3, -0.25) is 4.79 Å². The molecule has 1 heterocycles. The SMILES string of the molecule is CC(CNC(=O)C1SCCN1S(=O)(=O)c1ccc(C(C)(C)C)cc1)c1ccccc1. The molecule has 7 heteroatoms. The maximum Gasteiger partial charge on any atom is 0.248 e. The van der Waals surface area contributed by atoms with Gasteiger partial charge in [0.1, 0.15) is 5.37 Å². The third-order valence-corrected chi connectivity index (χ3v) is 8.57. The fourth-order valence-corrected chi connectivity index (χ4v) is 6.51. The number of thioether (sulfide) groups is 1. The number of hydrogen-bond acceptors (Lipinski definition) is 4. The smallest absolute Gasteiger partial charge is 0.248 e. The number of nitrogens with one attached hydrogen (secondary N) is 1. The van der Waals surface area contributed by atoms with Crippen LogP contribution in [0.1, 0.15) is 44.7 Å². The zero-order chi connectivity index (χ0) is 21.9. The van der Waals surface area contributed by atoms with Gasteiger partial charge in [0.2, 0.25) is 15.9 Å². The molecular formula is C23H30N2O3S2. The van der Waals surface area contributed by atoms with E-state index < -0.39 is 15.4 Å². The third kappa shape index (κ3) is 5.07. The first-order valence-corrected chi connectivity index (χ1v) is 12.7. The van der Waals surface area contributed by atoms with Crippen molar-refractivity contribution in [1.82, 2.24) is 9.62 Å². The second kappa shape index (κ2) is 9.12. The molecule has 0 aliphatic carbocycles. The van der Waals surface area contributed by atoms with Gasteiger partial charge < -0.3 is 5.32 Å². The van der Waals surface area contributed by atoms with Gasteiger partial charge in [0.15, 0.2) is 0 Å². The zero-order valence-corrected chi connectivity index (χ0v) is 19.6. The molecule has 0 saturated carbocycles. The minimum absolute atomic E-state index is 0.0519. The van der Waals surface area contributed by atoms with Crippen LogP contribution in [0.5, 0.6) is 0 Å². The molecule has 2 aromatic rings. The number of amides is 1. The molecule has 2 atom stereocenters. The molecule has 0 radical (unpaired) electrons. The topological polar surface area (TPSA) is 66.5 Å². The van der Waals surface area contributed by atoms with Crippen molar-refractivity contribution in [2.24, 2.45) is 0 Å². The van der Waals surface area contributed by atoms with E-state index in [1.807, 2.05) is 49.4 Å².